The van der Waals surface area contributed by atoms with Gasteiger partial charge in [-0.1, -0.05) is 6.07 Å². The number of anilines is 1. The van der Waals surface area contributed by atoms with Crippen molar-refractivity contribution < 1.29 is 18.6 Å². The first kappa shape index (κ1) is 15.0. The van der Waals surface area contributed by atoms with Gasteiger partial charge in [0.1, 0.15) is 12.1 Å². The first-order valence-electron chi connectivity index (χ1n) is 6.78. The third kappa shape index (κ3) is 2.98. The van der Waals surface area contributed by atoms with Crippen LogP contribution in [0.15, 0.2) is 36.7 Å². The Morgan fingerprint density at radius 2 is 1.96 bits per heavy atom. The molecular weight excluding hydrogens is 304 g/mol. The van der Waals surface area contributed by atoms with Crippen molar-refractivity contribution in [3.63, 3.8) is 0 Å². The summed E-state index contributed by atoms with van der Waals surface area (Å²) in [6, 6.07) is 6.87. The molecule has 0 amide bonds. The van der Waals surface area contributed by atoms with Crippen LogP contribution < -0.4 is 10.1 Å². The minimum absolute atomic E-state index is 0.0889. The molecule has 0 bridgehead atoms. The van der Waals surface area contributed by atoms with E-state index in [1.54, 1.807) is 6.07 Å². The number of halogens is 2. The molecule has 2 aromatic carbocycles. The smallest absolute Gasteiger partial charge is 0.167 e. The van der Waals surface area contributed by atoms with Gasteiger partial charge >= 0.3 is 0 Å². The van der Waals surface area contributed by atoms with Crippen LogP contribution in [0.3, 0.4) is 0 Å². The van der Waals surface area contributed by atoms with Crippen LogP contribution in [-0.2, 0) is 6.54 Å². The van der Waals surface area contributed by atoms with Crippen molar-refractivity contribution in [3.8, 4) is 11.5 Å². The highest BCUT2D eigenvalue weighted by Gasteiger charge is 2.10. The summed E-state index contributed by atoms with van der Waals surface area (Å²) in [4.78, 5) is 8.14. The normalized spacial score (nSPS) is 10.7. The molecule has 0 aliphatic heterocycles. The number of nitrogens with zero attached hydrogens (tertiary/aromatic N) is 2. The number of aromatic hydroxyl groups is 1. The third-order valence-electron chi connectivity index (χ3n) is 3.38. The summed E-state index contributed by atoms with van der Waals surface area (Å²) in [5.41, 5.74) is 1.05. The zero-order valence-electron chi connectivity index (χ0n) is 12.2. The van der Waals surface area contributed by atoms with E-state index < -0.39 is 17.4 Å². The number of aromatic nitrogens is 2. The molecule has 0 saturated heterocycles. The van der Waals surface area contributed by atoms with Gasteiger partial charge < -0.3 is 15.2 Å². The number of hydrogen-bond donors (Lipinski definition) is 2. The largest absolute Gasteiger partial charge is 0.505 e. The van der Waals surface area contributed by atoms with E-state index in [2.05, 4.69) is 15.3 Å². The molecule has 0 saturated carbocycles. The maximum absolute atomic E-state index is 13.7. The van der Waals surface area contributed by atoms with Crippen LogP contribution in [0.1, 0.15) is 5.56 Å². The Hall–Kier alpha value is -2.96. The van der Waals surface area contributed by atoms with E-state index in [1.807, 2.05) is 0 Å². The molecule has 0 aliphatic rings. The van der Waals surface area contributed by atoms with E-state index in [0.29, 0.717) is 22.3 Å². The number of fused-ring (bicyclic) bond motifs is 1. The van der Waals surface area contributed by atoms with Crippen molar-refractivity contribution in [2.45, 2.75) is 6.54 Å². The van der Waals surface area contributed by atoms with Gasteiger partial charge in [0.25, 0.3) is 0 Å². The van der Waals surface area contributed by atoms with E-state index in [9.17, 15) is 13.9 Å². The first-order valence-corrected chi connectivity index (χ1v) is 6.78. The number of phenols is 1. The lowest BCUT2D eigenvalue weighted by Crippen LogP contribution is -2.03. The van der Waals surface area contributed by atoms with E-state index in [0.717, 1.165) is 0 Å². The van der Waals surface area contributed by atoms with Gasteiger partial charge in [-0.25, -0.2) is 18.7 Å². The summed E-state index contributed by atoms with van der Waals surface area (Å²) < 4.78 is 32.0. The highest BCUT2D eigenvalue weighted by molar-refractivity contribution is 5.90. The third-order valence-corrected chi connectivity index (χ3v) is 3.38. The minimum atomic E-state index is -0.694. The summed E-state index contributed by atoms with van der Waals surface area (Å²) in [5, 5.41) is 12.8. The van der Waals surface area contributed by atoms with Crippen LogP contribution in [0.2, 0.25) is 0 Å². The van der Waals surface area contributed by atoms with Gasteiger partial charge in [0.05, 0.1) is 12.6 Å². The van der Waals surface area contributed by atoms with Crippen LogP contribution in [0.25, 0.3) is 10.9 Å². The lowest BCUT2D eigenvalue weighted by molar-refractivity contribution is 0.387. The minimum Gasteiger partial charge on any atom is -0.505 e. The molecule has 5 nitrogen and oxygen atoms in total. The average Bonchev–Trinajstić information content (AvgIpc) is 2.55. The van der Waals surface area contributed by atoms with Gasteiger partial charge in [0.2, 0.25) is 0 Å². The van der Waals surface area contributed by atoms with Gasteiger partial charge in [0, 0.05) is 18.0 Å². The van der Waals surface area contributed by atoms with Gasteiger partial charge in [-0.05, 0) is 23.8 Å². The Bertz CT molecular complexity index is 871. The SMILES string of the molecule is COc1cc2c(NCc3ccc(O)c(F)c3)ncnc2cc1F. The number of benzene rings is 2. The van der Waals surface area contributed by atoms with Gasteiger partial charge in [0.15, 0.2) is 23.1 Å². The molecule has 0 radical (unpaired) electrons. The van der Waals surface area contributed by atoms with Crippen molar-refractivity contribution in [3.05, 3.63) is 53.9 Å². The Morgan fingerprint density at radius 3 is 2.70 bits per heavy atom. The molecule has 118 valence electrons. The number of methoxy groups -OCH3 is 1. The molecule has 0 unspecified atom stereocenters. The predicted octanol–water partition coefficient (Wildman–Crippen LogP) is 3.23. The monoisotopic (exact) mass is 317 g/mol. The molecular formula is C16H13F2N3O2. The molecule has 23 heavy (non-hydrogen) atoms. The van der Waals surface area contributed by atoms with E-state index in [-0.39, 0.29) is 12.3 Å². The highest BCUT2D eigenvalue weighted by Crippen LogP contribution is 2.27. The van der Waals surface area contributed by atoms with Crippen molar-refractivity contribution in [2.24, 2.45) is 0 Å². The van der Waals surface area contributed by atoms with E-state index >= 15 is 0 Å². The van der Waals surface area contributed by atoms with Crippen LogP contribution in [0.4, 0.5) is 14.6 Å². The molecule has 3 rings (SSSR count). The van der Waals surface area contributed by atoms with Gasteiger partial charge in [-0.15, -0.1) is 0 Å². The Balaban J connectivity index is 1.91. The summed E-state index contributed by atoms with van der Waals surface area (Å²) in [5.74, 6) is -1.04. The van der Waals surface area contributed by atoms with Crippen LogP contribution in [0.5, 0.6) is 11.5 Å². The van der Waals surface area contributed by atoms with E-state index in [4.69, 9.17) is 4.74 Å². The molecule has 0 atom stereocenters. The van der Waals surface area contributed by atoms with E-state index in [1.165, 1.54) is 37.7 Å². The Morgan fingerprint density at radius 1 is 1.13 bits per heavy atom. The summed E-state index contributed by atoms with van der Waals surface area (Å²) in [6.45, 7) is 0.281. The number of ether oxygens (including phenoxy) is 1. The second-order valence-electron chi connectivity index (χ2n) is 4.87. The predicted molar refractivity (Wildman–Crippen MR) is 81.4 cm³/mol. The number of nitrogens with one attached hydrogen (secondary N) is 1. The summed E-state index contributed by atoms with van der Waals surface area (Å²) in [7, 11) is 1.38. The quantitative estimate of drug-likeness (QED) is 0.773. The molecule has 1 heterocycles. The molecule has 0 spiro atoms. The summed E-state index contributed by atoms with van der Waals surface area (Å²) >= 11 is 0. The van der Waals surface area contributed by atoms with Crippen molar-refractivity contribution in [1.82, 2.24) is 9.97 Å². The standard InChI is InChI=1S/C16H13F2N3O2/c1-23-15-5-10-13(6-12(15)18)20-8-21-16(10)19-7-9-2-3-14(22)11(17)4-9/h2-6,8,22H,7H2,1H3,(H,19,20,21). The fourth-order valence-corrected chi connectivity index (χ4v) is 2.20. The van der Waals surface area contributed by atoms with Gasteiger partial charge in [-0.2, -0.15) is 0 Å². The van der Waals surface area contributed by atoms with Gasteiger partial charge in [-0.3, -0.25) is 0 Å². The first-order chi connectivity index (χ1) is 11.1. The molecule has 2 N–H and O–H groups in total. The Labute approximate surface area is 130 Å². The second-order valence-corrected chi connectivity index (χ2v) is 4.87. The average molecular weight is 317 g/mol. The lowest BCUT2D eigenvalue weighted by Gasteiger charge is -2.10. The van der Waals surface area contributed by atoms with Crippen molar-refractivity contribution in [2.75, 3.05) is 12.4 Å². The van der Waals surface area contributed by atoms with Crippen LogP contribution in [0, 0.1) is 11.6 Å². The molecule has 1 aromatic heterocycles. The summed E-state index contributed by atoms with van der Waals surface area (Å²) in [6.07, 6.45) is 1.31. The maximum Gasteiger partial charge on any atom is 0.167 e. The Kier molecular flexibility index (Phi) is 3.92. The zero-order chi connectivity index (χ0) is 16.4. The number of rotatable bonds is 4. The maximum atomic E-state index is 13.7. The molecule has 0 aliphatic carbocycles. The highest BCUT2D eigenvalue weighted by atomic mass is 19.1. The zero-order valence-corrected chi connectivity index (χ0v) is 12.2. The second kappa shape index (κ2) is 6.04. The molecule has 3 aromatic rings. The van der Waals surface area contributed by atoms with Crippen LogP contribution in [-0.4, -0.2) is 22.2 Å². The number of hydrogen-bond acceptors (Lipinski definition) is 5. The topological polar surface area (TPSA) is 67.3 Å². The number of phenolic OH excluding ortho intramolecular Hbond substituents is 1. The fraction of sp³-hybridized carbons (Fsp3) is 0.125. The molecule has 7 heteroatoms. The van der Waals surface area contributed by atoms with Crippen LogP contribution >= 0.6 is 0 Å². The van der Waals surface area contributed by atoms with Crippen molar-refractivity contribution in [1.29, 1.82) is 0 Å². The fourth-order valence-electron chi connectivity index (χ4n) is 2.20. The molecule has 0 fully saturated rings. The van der Waals surface area contributed by atoms with Crippen molar-refractivity contribution >= 4 is 16.7 Å². The lowest BCUT2D eigenvalue weighted by atomic mass is 10.2.